The average Bonchev–Trinajstić information content (AvgIpc) is 2.88. The third-order valence-electron chi connectivity index (χ3n) is 2.69. The second-order valence-corrected chi connectivity index (χ2v) is 4.18. The molecule has 1 aromatic carbocycles. The standard InChI is InChI=1S/C14H12N4O/c15-12-5-1-3-10(7-12)8-13-17-14(18-19-13)11-4-2-6-16-9-11/h1-7,9H,8,15H2. The first kappa shape index (κ1) is 11.4. The number of nitrogens with two attached hydrogens (primary N) is 1. The zero-order valence-corrected chi connectivity index (χ0v) is 10.2. The zero-order valence-electron chi connectivity index (χ0n) is 10.2. The van der Waals surface area contributed by atoms with Gasteiger partial charge >= 0.3 is 0 Å². The molecule has 19 heavy (non-hydrogen) atoms. The van der Waals surface area contributed by atoms with Crippen LogP contribution < -0.4 is 5.73 Å². The van der Waals surface area contributed by atoms with Gasteiger partial charge in [0.05, 0.1) is 6.42 Å². The highest BCUT2D eigenvalue weighted by Crippen LogP contribution is 2.16. The van der Waals surface area contributed by atoms with Gasteiger partial charge in [0.15, 0.2) is 0 Å². The fraction of sp³-hybridized carbons (Fsp3) is 0.0714. The molecule has 0 saturated carbocycles. The third kappa shape index (κ3) is 2.60. The van der Waals surface area contributed by atoms with Crippen molar-refractivity contribution in [3.05, 3.63) is 60.2 Å². The summed E-state index contributed by atoms with van der Waals surface area (Å²) in [5.74, 6) is 1.11. The average molecular weight is 252 g/mol. The Bertz CT molecular complexity index is 679. The number of benzene rings is 1. The van der Waals surface area contributed by atoms with Gasteiger partial charge < -0.3 is 10.3 Å². The number of nitrogens with zero attached hydrogens (tertiary/aromatic N) is 3. The molecule has 0 fully saturated rings. The number of pyridine rings is 1. The minimum Gasteiger partial charge on any atom is -0.399 e. The minimum atomic E-state index is 0.548. The lowest BCUT2D eigenvalue weighted by Crippen LogP contribution is -1.91. The van der Waals surface area contributed by atoms with Crippen molar-refractivity contribution in [2.75, 3.05) is 5.73 Å². The molecule has 0 amide bonds. The van der Waals surface area contributed by atoms with E-state index in [1.165, 1.54) is 0 Å². The molecule has 0 unspecified atom stereocenters. The van der Waals surface area contributed by atoms with Crippen LogP contribution in [0.2, 0.25) is 0 Å². The lowest BCUT2D eigenvalue weighted by molar-refractivity contribution is 0.385. The van der Waals surface area contributed by atoms with Crippen LogP contribution in [0.3, 0.4) is 0 Å². The maximum atomic E-state index is 5.73. The maximum absolute atomic E-state index is 5.73. The SMILES string of the molecule is Nc1cccc(Cc2nc(-c3cccnc3)no2)c1. The first-order valence-corrected chi connectivity index (χ1v) is 5.89. The van der Waals surface area contributed by atoms with Gasteiger partial charge in [0, 0.05) is 23.6 Å². The summed E-state index contributed by atoms with van der Waals surface area (Å²) < 4.78 is 5.23. The molecule has 2 N–H and O–H groups in total. The number of aromatic nitrogens is 3. The summed E-state index contributed by atoms with van der Waals surface area (Å²) in [5.41, 5.74) is 8.34. The van der Waals surface area contributed by atoms with Crippen LogP contribution in [0.15, 0.2) is 53.3 Å². The molecule has 0 aliphatic carbocycles. The predicted molar refractivity (Wildman–Crippen MR) is 71.2 cm³/mol. The van der Waals surface area contributed by atoms with E-state index in [9.17, 15) is 0 Å². The summed E-state index contributed by atoms with van der Waals surface area (Å²) in [4.78, 5) is 8.37. The highest BCUT2D eigenvalue weighted by molar-refractivity contribution is 5.52. The Kier molecular flexibility index (Phi) is 2.94. The van der Waals surface area contributed by atoms with Crippen molar-refractivity contribution >= 4 is 5.69 Å². The fourth-order valence-electron chi connectivity index (χ4n) is 1.82. The second-order valence-electron chi connectivity index (χ2n) is 4.18. The summed E-state index contributed by atoms with van der Waals surface area (Å²) in [6, 6.07) is 11.4. The number of rotatable bonds is 3. The molecule has 3 aromatic rings. The van der Waals surface area contributed by atoms with Gasteiger partial charge in [-0.25, -0.2) is 0 Å². The summed E-state index contributed by atoms with van der Waals surface area (Å²) in [6.07, 6.45) is 3.98. The van der Waals surface area contributed by atoms with Crippen LogP contribution >= 0.6 is 0 Å². The van der Waals surface area contributed by atoms with Crippen molar-refractivity contribution in [3.63, 3.8) is 0 Å². The highest BCUT2D eigenvalue weighted by atomic mass is 16.5. The molecule has 0 bridgehead atoms. The van der Waals surface area contributed by atoms with Gasteiger partial charge in [0.25, 0.3) is 0 Å². The van der Waals surface area contributed by atoms with Gasteiger partial charge in [-0.3, -0.25) is 4.98 Å². The molecular formula is C14H12N4O. The van der Waals surface area contributed by atoms with Crippen molar-refractivity contribution in [1.82, 2.24) is 15.1 Å². The third-order valence-corrected chi connectivity index (χ3v) is 2.69. The molecule has 0 atom stereocenters. The Morgan fingerprint density at radius 2 is 2.11 bits per heavy atom. The molecule has 0 aliphatic rings. The van der Waals surface area contributed by atoms with Crippen LogP contribution in [0, 0.1) is 0 Å². The van der Waals surface area contributed by atoms with Gasteiger partial charge in [0.1, 0.15) is 0 Å². The first-order chi connectivity index (χ1) is 9.31. The van der Waals surface area contributed by atoms with E-state index in [1.807, 2.05) is 36.4 Å². The van der Waals surface area contributed by atoms with Crippen molar-refractivity contribution in [3.8, 4) is 11.4 Å². The van der Waals surface area contributed by atoms with Crippen molar-refractivity contribution in [1.29, 1.82) is 0 Å². The Morgan fingerprint density at radius 3 is 2.89 bits per heavy atom. The molecule has 94 valence electrons. The van der Waals surface area contributed by atoms with Gasteiger partial charge in [-0.15, -0.1) is 0 Å². The number of nitrogen functional groups attached to an aromatic ring is 1. The smallest absolute Gasteiger partial charge is 0.231 e. The van der Waals surface area contributed by atoms with E-state index in [2.05, 4.69) is 15.1 Å². The molecule has 2 aromatic heterocycles. The van der Waals surface area contributed by atoms with E-state index in [4.69, 9.17) is 10.3 Å². The largest absolute Gasteiger partial charge is 0.399 e. The first-order valence-electron chi connectivity index (χ1n) is 5.89. The maximum Gasteiger partial charge on any atom is 0.231 e. The molecular weight excluding hydrogens is 240 g/mol. The van der Waals surface area contributed by atoms with E-state index < -0.39 is 0 Å². The topological polar surface area (TPSA) is 77.8 Å². The number of hydrogen-bond donors (Lipinski definition) is 1. The molecule has 0 saturated heterocycles. The number of hydrogen-bond acceptors (Lipinski definition) is 5. The van der Waals surface area contributed by atoms with Crippen LogP contribution in [0.4, 0.5) is 5.69 Å². The van der Waals surface area contributed by atoms with Crippen molar-refractivity contribution in [2.24, 2.45) is 0 Å². The van der Waals surface area contributed by atoms with Crippen LogP contribution in [-0.4, -0.2) is 15.1 Å². The number of anilines is 1. The molecule has 5 nitrogen and oxygen atoms in total. The molecule has 5 heteroatoms. The zero-order chi connectivity index (χ0) is 13.1. The van der Waals surface area contributed by atoms with Gasteiger partial charge in [0.2, 0.25) is 11.7 Å². The van der Waals surface area contributed by atoms with Gasteiger partial charge in [-0.2, -0.15) is 4.98 Å². The lowest BCUT2D eigenvalue weighted by atomic mass is 10.1. The van der Waals surface area contributed by atoms with Crippen molar-refractivity contribution < 1.29 is 4.52 Å². The van der Waals surface area contributed by atoms with Crippen LogP contribution in [-0.2, 0) is 6.42 Å². The van der Waals surface area contributed by atoms with Gasteiger partial charge in [-0.05, 0) is 29.8 Å². The van der Waals surface area contributed by atoms with Crippen molar-refractivity contribution in [2.45, 2.75) is 6.42 Å². The Balaban J connectivity index is 1.82. The van der Waals surface area contributed by atoms with Crippen LogP contribution in [0.1, 0.15) is 11.5 Å². The van der Waals surface area contributed by atoms with E-state index in [0.717, 1.165) is 16.8 Å². The van der Waals surface area contributed by atoms with E-state index in [0.29, 0.717) is 18.1 Å². The summed E-state index contributed by atoms with van der Waals surface area (Å²) in [6.45, 7) is 0. The molecule has 0 spiro atoms. The van der Waals surface area contributed by atoms with E-state index in [1.54, 1.807) is 12.4 Å². The second kappa shape index (κ2) is 4.89. The summed E-state index contributed by atoms with van der Waals surface area (Å²) >= 11 is 0. The molecule has 3 rings (SSSR count). The summed E-state index contributed by atoms with van der Waals surface area (Å²) in [5, 5.41) is 3.95. The predicted octanol–water partition coefficient (Wildman–Crippen LogP) is 2.30. The molecule has 2 heterocycles. The molecule has 0 radical (unpaired) electrons. The van der Waals surface area contributed by atoms with Gasteiger partial charge in [-0.1, -0.05) is 17.3 Å². The summed E-state index contributed by atoms with van der Waals surface area (Å²) in [7, 11) is 0. The Hall–Kier alpha value is -2.69. The Labute approximate surface area is 110 Å². The highest BCUT2D eigenvalue weighted by Gasteiger charge is 2.09. The van der Waals surface area contributed by atoms with Crippen LogP contribution in [0.25, 0.3) is 11.4 Å². The monoisotopic (exact) mass is 252 g/mol. The quantitative estimate of drug-likeness (QED) is 0.724. The van der Waals surface area contributed by atoms with Crippen LogP contribution in [0.5, 0.6) is 0 Å². The minimum absolute atomic E-state index is 0.548. The lowest BCUT2D eigenvalue weighted by Gasteiger charge is -1.97. The van der Waals surface area contributed by atoms with E-state index in [-0.39, 0.29) is 0 Å². The normalized spacial score (nSPS) is 10.5. The van der Waals surface area contributed by atoms with E-state index >= 15 is 0 Å². The molecule has 0 aliphatic heterocycles. The Morgan fingerprint density at radius 1 is 1.16 bits per heavy atom. The fourth-order valence-corrected chi connectivity index (χ4v) is 1.82.